The van der Waals surface area contributed by atoms with Crippen LogP contribution in [0.3, 0.4) is 0 Å². The molecule has 0 bridgehead atoms. The summed E-state index contributed by atoms with van der Waals surface area (Å²) in [5.41, 5.74) is 0.817. The monoisotopic (exact) mass is 320 g/mol. The highest BCUT2D eigenvalue weighted by Gasteiger charge is 2.31. The van der Waals surface area contributed by atoms with Crippen molar-refractivity contribution in [1.82, 2.24) is 10.2 Å². The third-order valence-electron chi connectivity index (χ3n) is 4.36. The number of hydrogen-bond donors (Lipinski definition) is 2. The number of aliphatic carboxylic acids is 1. The number of carbonyl (C=O) groups is 2. The van der Waals surface area contributed by atoms with Gasteiger partial charge in [0.25, 0.3) is 0 Å². The maximum atomic E-state index is 12.2. The fourth-order valence-electron chi connectivity index (χ4n) is 2.70. The third kappa shape index (κ3) is 4.15. The van der Waals surface area contributed by atoms with Gasteiger partial charge in [-0.25, -0.2) is 4.79 Å². The average molecular weight is 320 g/mol. The number of rotatable bonds is 5. The molecule has 6 heteroatoms. The van der Waals surface area contributed by atoms with Crippen molar-refractivity contribution in [3.8, 4) is 5.75 Å². The molecule has 0 aliphatic carbocycles. The molecule has 1 heterocycles. The molecule has 6 nitrogen and oxygen atoms in total. The van der Waals surface area contributed by atoms with Gasteiger partial charge in [-0.1, -0.05) is 26.0 Å². The Morgan fingerprint density at radius 1 is 1.43 bits per heavy atom. The minimum absolute atomic E-state index is 0.204. The Morgan fingerprint density at radius 3 is 2.78 bits per heavy atom. The number of nitrogens with zero attached hydrogens (tertiary/aromatic N) is 1. The van der Waals surface area contributed by atoms with E-state index < -0.39 is 11.9 Å². The van der Waals surface area contributed by atoms with Crippen LogP contribution in [0.4, 0.5) is 4.79 Å². The number of urea groups is 1. The van der Waals surface area contributed by atoms with Crippen LogP contribution in [0.15, 0.2) is 24.3 Å². The lowest BCUT2D eigenvalue weighted by molar-refractivity contribution is -0.141. The first-order chi connectivity index (χ1) is 10.8. The number of hydrogen-bond acceptors (Lipinski definition) is 3. The lowest BCUT2D eigenvalue weighted by Crippen LogP contribution is -2.44. The van der Waals surface area contributed by atoms with Crippen molar-refractivity contribution >= 4 is 12.0 Å². The van der Waals surface area contributed by atoms with Gasteiger partial charge < -0.3 is 20.1 Å². The summed E-state index contributed by atoms with van der Waals surface area (Å²) < 4.78 is 5.24. The Balaban J connectivity index is 1.93. The number of carboxylic acids is 1. The normalized spacial score (nSPS) is 17.9. The second-order valence-corrected chi connectivity index (χ2v) is 6.54. The number of carboxylic acid groups (broad SMARTS) is 1. The molecular formula is C17H24N2O4. The number of likely N-dealkylation sites (tertiary alicyclic amines) is 1. The van der Waals surface area contributed by atoms with Gasteiger partial charge in [0.1, 0.15) is 5.75 Å². The molecule has 1 aromatic carbocycles. The van der Waals surface area contributed by atoms with Crippen molar-refractivity contribution in [2.24, 2.45) is 5.92 Å². The maximum absolute atomic E-state index is 12.2. The van der Waals surface area contributed by atoms with Gasteiger partial charge >= 0.3 is 12.0 Å². The molecular weight excluding hydrogens is 296 g/mol. The van der Waals surface area contributed by atoms with E-state index in [1.807, 2.05) is 38.1 Å². The van der Waals surface area contributed by atoms with Crippen LogP contribution in [0.1, 0.15) is 25.8 Å². The fourth-order valence-corrected chi connectivity index (χ4v) is 2.70. The molecule has 23 heavy (non-hydrogen) atoms. The first-order valence-electron chi connectivity index (χ1n) is 7.73. The van der Waals surface area contributed by atoms with Crippen LogP contribution >= 0.6 is 0 Å². The molecule has 1 aromatic rings. The van der Waals surface area contributed by atoms with Crippen LogP contribution in [0.25, 0.3) is 0 Å². The van der Waals surface area contributed by atoms with Crippen molar-refractivity contribution in [3.63, 3.8) is 0 Å². The van der Waals surface area contributed by atoms with Gasteiger partial charge in [-0.15, -0.1) is 0 Å². The Morgan fingerprint density at radius 2 is 2.17 bits per heavy atom. The number of nitrogens with one attached hydrogen (secondary N) is 1. The highest BCUT2D eigenvalue weighted by Crippen LogP contribution is 2.26. The van der Waals surface area contributed by atoms with E-state index >= 15 is 0 Å². The highest BCUT2D eigenvalue weighted by molar-refractivity contribution is 5.77. The first kappa shape index (κ1) is 17.1. The van der Waals surface area contributed by atoms with E-state index in [-0.39, 0.29) is 18.0 Å². The molecule has 0 spiro atoms. The minimum Gasteiger partial charge on any atom is -0.497 e. The number of benzene rings is 1. The summed E-state index contributed by atoms with van der Waals surface area (Å²) in [6.07, 6.45) is 0.516. The van der Waals surface area contributed by atoms with E-state index in [4.69, 9.17) is 9.84 Å². The second-order valence-electron chi connectivity index (χ2n) is 6.54. The summed E-state index contributed by atoms with van der Waals surface area (Å²) in [5, 5.41) is 11.9. The van der Waals surface area contributed by atoms with Gasteiger partial charge in [-0.2, -0.15) is 0 Å². The zero-order valence-electron chi connectivity index (χ0n) is 13.8. The smallest absolute Gasteiger partial charge is 0.317 e. The van der Waals surface area contributed by atoms with Crippen LogP contribution in [0, 0.1) is 5.92 Å². The largest absolute Gasteiger partial charge is 0.497 e. The van der Waals surface area contributed by atoms with E-state index in [9.17, 15) is 9.59 Å². The topological polar surface area (TPSA) is 78.9 Å². The summed E-state index contributed by atoms with van der Waals surface area (Å²) in [6, 6.07) is 7.57. The molecule has 0 saturated carbocycles. The summed E-state index contributed by atoms with van der Waals surface area (Å²) in [4.78, 5) is 24.7. The SMILES string of the molecule is COc1cccc(C(C)(C)CNC(=O)N2CCC(C(=O)O)C2)c1. The summed E-state index contributed by atoms with van der Waals surface area (Å²) in [7, 11) is 1.63. The molecule has 2 rings (SSSR count). The minimum atomic E-state index is -0.836. The van der Waals surface area contributed by atoms with Crippen LogP contribution in [0.2, 0.25) is 0 Å². The van der Waals surface area contributed by atoms with Crippen LogP contribution in [-0.4, -0.2) is 48.8 Å². The van der Waals surface area contributed by atoms with Gasteiger partial charge in [0, 0.05) is 25.0 Å². The summed E-state index contributed by atoms with van der Waals surface area (Å²) >= 11 is 0. The second kappa shape index (κ2) is 6.89. The van der Waals surface area contributed by atoms with Crippen molar-refractivity contribution in [1.29, 1.82) is 0 Å². The molecule has 126 valence electrons. The van der Waals surface area contributed by atoms with Gasteiger partial charge in [-0.05, 0) is 24.1 Å². The fraction of sp³-hybridized carbons (Fsp3) is 0.529. The van der Waals surface area contributed by atoms with Crippen LogP contribution < -0.4 is 10.1 Å². The molecule has 0 aromatic heterocycles. The van der Waals surface area contributed by atoms with Crippen LogP contribution in [0.5, 0.6) is 5.75 Å². The maximum Gasteiger partial charge on any atom is 0.317 e. The Bertz CT molecular complexity index is 586. The molecule has 1 saturated heterocycles. The quantitative estimate of drug-likeness (QED) is 0.871. The molecule has 1 fully saturated rings. The lowest BCUT2D eigenvalue weighted by atomic mass is 9.84. The number of methoxy groups -OCH3 is 1. The van der Waals surface area contributed by atoms with E-state index in [0.29, 0.717) is 19.5 Å². The van der Waals surface area contributed by atoms with Crippen molar-refractivity contribution in [3.05, 3.63) is 29.8 Å². The standard InChI is InChI=1S/C17H24N2O4/c1-17(2,13-5-4-6-14(9-13)23-3)11-18-16(22)19-8-7-12(10-19)15(20)21/h4-6,9,12H,7-8,10-11H2,1-3H3,(H,18,22)(H,20,21). The first-order valence-corrected chi connectivity index (χ1v) is 7.73. The van der Waals surface area contributed by atoms with E-state index in [1.54, 1.807) is 12.0 Å². The number of amides is 2. The zero-order chi connectivity index (χ0) is 17.0. The lowest BCUT2D eigenvalue weighted by Gasteiger charge is -2.27. The van der Waals surface area contributed by atoms with Crippen LogP contribution in [-0.2, 0) is 10.2 Å². The summed E-state index contributed by atoms with van der Waals surface area (Å²) in [5.74, 6) is -0.505. The molecule has 2 amide bonds. The third-order valence-corrected chi connectivity index (χ3v) is 4.36. The average Bonchev–Trinajstić information content (AvgIpc) is 3.03. The van der Waals surface area contributed by atoms with Gasteiger partial charge in [0.2, 0.25) is 0 Å². The molecule has 1 unspecified atom stereocenters. The predicted molar refractivity (Wildman–Crippen MR) is 86.7 cm³/mol. The highest BCUT2D eigenvalue weighted by atomic mass is 16.5. The van der Waals surface area contributed by atoms with E-state index in [2.05, 4.69) is 5.32 Å². The Hall–Kier alpha value is -2.24. The van der Waals surface area contributed by atoms with Gasteiger partial charge in [0.15, 0.2) is 0 Å². The van der Waals surface area contributed by atoms with Gasteiger partial charge in [0.05, 0.1) is 13.0 Å². The molecule has 0 radical (unpaired) electrons. The molecule has 1 aliphatic rings. The Kier molecular flexibility index (Phi) is 5.13. The molecule has 1 atom stereocenters. The van der Waals surface area contributed by atoms with Crippen molar-refractivity contribution in [2.45, 2.75) is 25.7 Å². The van der Waals surface area contributed by atoms with E-state index in [1.165, 1.54) is 0 Å². The summed E-state index contributed by atoms with van der Waals surface area (Å²) in [6.45, 7) is 5.33. The molecule has 2 N–H and O–H groups in total. The number of ether oxygens (including phenoxy) is 1. The van der Waals surface area contributed by atoms with Crippen molar-refractivity contribution < 1.29 is 19.4 Å². The predicted octanol–water partition coefficient (Wildman–Crippen LogP) is 2.09. The zero-order valence-corrected chi connectivity index (χ0v) is 13.8. The molecule has 1 aliphatic heterocycles. The van der Waals surface area contributed by atoms with Gasteiger partial charge in [-0.3, -0.25) is 4.79 Å². The van der Waals surface area contributed by atoms with E-state index in [0.717, 1.165) is 11.3 Å². The number of carbonyl (C=O) groups excluding carboxylic acids is 1. The van der Waals surface area contributed by atoms with Crippen molar-refractivity contribution in [2.75, 3.05) is 26.7 Å². The Labute approximate surface area is 136 Å².